The standard InChI is InChI=1S/C21H22ClN3O3/c1-4-20(26)24-8-14(9-24)10-25-18-6-17(22)15(5-19(18)28-11-21(25)27)16-7-23-13(3)12(16)2/h4-6,14H,1,7-11H2,2-3H3. The Bertz CT molecular complexity index is 944. The zero-order valence-corrected chi connectivity index (χ0v) is 16.8. The van der Waals surface area contributed by atoms with E-state index in [4.69, 9.17) is 16.3 Å². The molecule has 146 valence electrons. The smallest absolute Gasteiger partial charge is 0.265 e. The van der Waals surface area contributed by atoms with E-state index in [-0.39, 0.29) is 24.3 Å². The van der Waals surface area contributed by atoms with E-state index in [1.165, 1.54) is 6.08 Å². The minimum atomic E-state index is -0.0970. The highest BCUT2D eigenvalue weighted by Gasteiger charge is 2.35. The lowest BCUT2D eigenvalue weighted by Gasteiger charge is -2.42. The van der Waals surface area contributed by atoms with Crippen LogP contribution in [-0.2, 0) is 9.59 Å². The summed E-state index contributed by atoms with van der Waals surface area (Å²) in [5.41, 5.74) is 4.83. The Morgan fingerprint density at radius 1 is 1.39 bits per heavy atom. The maximum absolute atomic E-state index is 12.5. The van der Waals surface area contributed by atoms with Gasteiger partial charge >= 0.3 is 0 Å². The van der Waals surface area contributed by atoms with Gasteiger partial charge in [-0.1, -0.05) is 18.2 Å². The third kappa shape index (κ3) is 3.11. The first-order valence-electron chi connectivity index (χ1n) is 9.28. The van der Waals surface area contributed by atoms with Gasteiger partial charge in [-0.05, 0) is 43.2 Å². The zero-order chi connectivity index (χ0) is 20.0. The van der Waals surface area contributed by atoms with Crippen LogP contribution in [-0.4, -0.2) is 55.2 Å². The number of likely N-dealkylation sites (tertiary alicyclic amines) is 1. The lowest BCUT2D eigenvalue weighted by molar-refractivity contribution is -0.131. The van der Waals surface area contributed by atoms with Gasteiger partial charge in [0.1, 0.15) is 5.75 Å². The summed E-state index contributed by atoms with van der Waals surface area (Å²) in [4.78, 5) is 32.0. The first-order chi connectivity index (χ1) is 13.4. The van der Waals surface area contributed by atoms with Crippen molar-refractivity contribution in [2.75, 3.05) is 37.7 Å². The van der Waals surface area contributed by atoms with Crippen LogP contribution in [0.15, 0.2) is 35.4 Å². The van der Waals surface area contributed by atoms with Crippen molar-refractivity contribution < 1.29 is 14.3 Å². The summed E-state index contributed by atoms with van der Waals surface area (Å²) in [6.07, 6.45) is 1.32. The third-order valence-electron chi connectivity index (χ3n) is 5.67. The van der Waals surface area contributed by atoms with E-state index in [0.717, 1.165) is 22.4 Å². The molecular formula is C21H22ClN3O3. The van der Waals surface area contributed by atoms with Gasteiger partial charge in [0.25, 0.3) is 5.91 Å². The predicted octanol–water partition coefficient (Wildman–Crippen LogP) is 2.96. The van der Waals surface area contributed by atoms with Crippen LogP contribution in [0.5, 0.6) is 5.75 Å². The normalized spacial score (nSPS) is 19.2. The molecule has 0 N–H and O–H groups in total. The number of anilines is 1. The molecule has 0 saturated carbocycles. The number of halogens is 1. The number of aliphatic imine (C=N–C) groups is 1. The first kappa shape index (κ1) is 18.7. The van der Waals surface area contributed by atoms with Crippen molar-refractivity contribution in [3.05, 3.63) is 40.9 Å². The number of carbonyl (C=O) groups is 2. The lowest BCUT2D eigenvalue weighted by Crippen LogP contribution is -2.55. The van der Waals surface area contributed by atoms with Gasteiger partial charge in [0.15, 0.2) is 6.61 Å². The number of amides is 2. The largest absolute Gasteiger partial charge is 0.482 e. The summed E-state index contributed by atoms with van der Waals surface area (Å²) in [5, 5.41) is 0.582. The van der Waals surface area contributed by atoms with Crippen molar-refractivity contribution in [2.45, 2.75) is 13.8 Å². The highest BCUT2D eigenvalue weighted by molar-refractivity contribution is 6.33. The van der Waals surface area contributed by atoms with Crippen LogP contribution >= 0.6 is 11.6 Å². The minimum absolute atomic E-state index is 0.00362. The van der Waals surface area contributed by atoms with Gasteiger partial charge in [-0.25, -0.2) is 0 Å². The zero-order valence-electron chi connectivity index (χ0n) is 16.0. The molecule has 6 nitrogen and oxygen atoms in total. The van der Waals surface area contributed by atoms with E-state index in [1.807, 2.05) is 26.0 Å². The molecule has 7 heteroatoms. The van der Waals surface area contributed by atoms with Crippen molar-refractivity contribution in [3.63, 3.8) is 0 Å². The highest BCUT2D eigenvalue weighted by atomic mass is 35.5. The SMILES string of the molecule is C=CC(=O)N1CC(CN2C(=O)COc3cc(C4=C(C)C(C)=NC4)c(Cl)cc32)C1. The van der Waals surface area contributed by atoms with Crippen LogP contribution in [0.25, 0.3) is 5.57 Å². The third-order valence-corrected chi connectivity index (χ3v) is 5.98. The minimum Gasteiger partial charge on any atom is -0.482 e. The number of hydrogen-bond acceptors (Lipinski definition) is 4. The summed E-state index contributed by atoms with van der Waals surface area (Å²) < 4.78 is 5.71. The highest BCUT2D eigenvalue weighted by Crippen LogP contribution is 2.41. The van der Waals surface area contributed by atoms with E-state index in [1.54, 1.807) is 9.80 Å². The van der Waals surface area contributed by atoms with Crippen LogP contribution < -0.4 is 9.64 Å². The van der Waals surface area contributed by atoms with E-state index in [0.29, 0.717) is 42.6 Å². The summed E-state index contributed by atoms with van der Waals surface area (Å²) in [6.45, 7) is 9.94. The van der Waals surface area contributed by atoms with Gasteiger partial charge in [-0.2, -0.15) is 0 Å². The van der Waals surface area contributed by atoms with Gasteiger partial charge < -0.3 is 14.5 Å². The summed E-state index contributed by atoms with van der Waals surface area (Å²) in [6, 6.07) is 3.72. The molecule has 4 rings (SSSR count). The molecule has 3 heterocycles. The monoisotopic (exact) mass is 399 g/mol. The molecular weight excluding hydrogens is 378 g/mol. The van der Waals surface area contributed by atoms with Crippen LogP contribution in [0.2, 0.25) is 5.02 Å². The fraction of sp³-hybridized carbons (Fsp3) is 0.381. The molecule has 1 fully saturated rings. The number of hydrogen-bond donors (Lipinski definition) is 0. The number of allylic oxidation sites excluding steroid dienone is 1. The second-order valence-electron chi connectivity index (χ2n) is 7.41. The number of rotatable bonds is 4. The number of benzene rings is 1. The fourth-order valence-electron chi connectivity index (χ4n) is 3.85. The molecule has 0 radical (unpaired) electrons. The number of carbonyl (C=O) groups excluding carboxylic acids is 2. The van der Waals surface area contributed by atoms with Crippen molar-refractivity contribution in [1.82, 2.24) is 4.90 Å². The van der Waals surface area contributed by atoms with Crippen LogP contribution in [0.3, 0.4) is 0 Å². The average Bonchev–Trinajstić information content (AvgIpc) is 2.97. The summed E-state index contributed by atoms with van der Waals surface area (Å²) >= 11 is 6.59. The van der Waals surface area contributed by atoms with E-state index in [2.05, 4.69) is 11.6 Å². The molecule has 0 spiro atoms. The van der Waals surface area contributed by atoms with Gasteiger partial charge in [0, 0.05) is 36.8 Å². The molecule has 28 heavy (non-hydrogen) atoms. The Morgan fingerprint density at radius 2 is 2.14 bits per heavy atom. The Balaban J connectivity index is 1.58. The predicted molar refractivity (Wildman–Crippen MR) is 110 cm³/mol. The summed E-state index contributed by atoms with van der Waals surface area (Å²) in [7, 11) is 0. The molecule has 1 aromatic rings. The van der Waals surface area contributed by atoms with Gasteiger partial charge in [-0.15, -0.1) is 0 Å². The Hall–Kier alpha value is -2.60. The molecule has 3 aliphatic heterocycles. The topological polar surface area (TPSA) is 62.2 Å². The molecule has 0 atom stereocenters. The van der Waals surface area contributed by atoms with Gasteiger partial charge in [-0.3, -0.25) is 14.6 Å². The molecule has 3 aliphatic rings. The van der Waals surface area contributed by atoms with Crippen molar-refractivity contribution in [1.29, 1.82) is 0 Å². The molecule has 2 amide bonds. The van der Waals surface area contributed by atoms with E-state index < -0.39 is 0 Å². The molecule has 0 aromatic heterocycles. The molecule has 0 unspecified atom stereocenters. The van der Waals surface area contributed by atoms with Gasteiger partial charge in [0.2, 0.25) is 5.91 Å². The second kappa shape index (κ2) is 7.09. The second-order valence-corrected chi connectivity index (χ2v) is 7.82. The molecule has 1 aromatic carbocycles. The molecule has 0 bridgehead atoms. The Morgan fingerprint density at radius 3 is 2.79 bits per heavy atom. The number of fused-ring (bicyclic) bond motifs is 1. The van der Waals surface area contributed by atoms with E-state index in [9.17, 15) is 9.59 Å². The Labute approximate surface area is 169 Å². The average molecular weight is 400 g/mol. The van der Waals surface area contributed by atoms with Crippen LogP contribution in [0, 0.1) is 5.92 Å². The molecule has 1 saturated heterocycles. The first-order valence-corrected chi connectivity index (χ1v) is 9.66. The van der Waals surface area contributed by atoms with Crippen molar-refractivity contribution in [2.24, 2.45) is 10.9 Å². The van der Waals surface area contributed by atoms with Crippen molar-refractivity contribution in [3.8, 4) is 5.75 Å². The fourth-order valence-corrected chi connectivity index (χ4v) is 4.12. The Kier molecular flexibility index (Phi) is 4.75. The van der Waals surface area contributed by atoms with Gasteiger partial charge in [0.05, 0.1) is 17.3 Å². The lowest BCUT2D eigenvalue weighted by atomic mass is 9.97. The maximum Gasteiger partial charge on any atom is 0.265 e. The van der Waals surface area contributed by atoms with Crippen molar-refractivity contribution >= 4 is 40.4 Å². The number of ether oxygens (including phenoxy) is 1. The van der Waals surface area contributed by atoms with Crippen LogP contribution in [0.4, 0.5) is 5.69 Å². The summed E-state index contributed by atoms with van der Waals surface area (Å²) in [5.74, 6) is 0.714. The number of nitrogens with zero attached hydrogens (tertiary/aromatic N) is 3. The maximum atomic E-state index is 12.5. The molecule has 0 aliphatic carbocycles. The van der Waals surface area contributed by atoms with Crippen LogP contribution in [0.1, 0.15) is 19.4 Å². The quantitative estimate of drug-likeness (QED) is 0.731. The van der Waals surface area contributed by atoms with E-state index >= 15 is 0 Å².